The van der Waals surface area contributed by atoms with E-state index in [2.05, 4.69) is 17.6 Å². The van der Waals surface area contributed by atoms with E-state index in [0.717, 1.165) is 0 Å². The van der Waals surface area contributed by atoms with Crippen molar-refractivity contribution in [2.24, 2.45) is 0 Å². The van der Waals surface area contributed by atoms with Crippen molar-refractivity contribution in [2.45, 2.75) is 12.0 Å². The second-order valence-electron chi connectivity index (χ2n) is 7.50. The van der Waals surface area contributed by atoms with Gasteiger partial charge in [-0.1, -0.05) is 19.1 Å². The Morgan fingerprint density at radius 1 is 1.00 bits per heavy atom. The van der Waals surface area contributed by atoms with Gasteiger partial charge in [-0.3, -0.25) is 0 Å². The van der Waals surface area contributed by atoms with Gasteiger partial charge in [0, 0.05) is 35.4 Å². The van der Waals surface area contributed by atoms with E-state index in [0.29, 0.717) is 57.5 Å². The molecule has 0 unspecified atom stereocenters. The Hall–Kier alpha value is -3.78. The van der Waals surface area contributed by atoms with Crippen LogP contribution in [0, 0.1) is 6.92 Å². The molecule has 32 heavy (non-hydrogen) atoms. The first kappa shape index (κ1) is 20.1. The normalized spacial score (nSPS) is 14.6. The molecule has 0 bridgehead atoms. The van der Waals surface area contributed by atoms with E-state index in [1.165, 1.54) is 24.3 Å². The van der Waals surface area contributed by atoms with Crippen molar-refractivity contribution in [3.63, 3.8) is 0 Å². The number of ether oxygens (including phenoxy) is 2. The summed E-state index contributed by atoms with van der Waals surface area (Å²) in [4.78, 5) is 13.2. The quantitative estimate of drug-likeness (QED) is 0.351. The summed E-state index contributed by atoms with van der Waals surface area (Å²) in [5.74, 6) is 0.140. The van der Waals surface area contributed by atoms with Gasteiger partial charge in [-0.2, -0.15) is 0 Å². The van der Waals surface area contributed by atoms with Crippen molar-refractivity contribution in [1.82, 2.24) is 5.32 Å². The Balaban J connectivity index is 1.72. The molecule has 0 fully saturated rings. The molecule has 4 N–H and O–H groups in total. The van der Waals surface area contributed by atoms with Gasteiger partial charge in [0.1, 0.15) is 23.0 Å². The van der Waals surface area contributed by atoms with Crippen LogP contribution in [0.3, 0.4) is 0 Å². The highest BCUT2D eigenvalue weighted by atomic mass is 32.1. The highest BCUT2D eigenvalue weighted by molar-refractivity contribution is 7.80. The van der Waals surface area contributed by atoms with E-state index >= 15 is 0 Å². The number of hydrogen-bond acceptors (Lipinski definition) is 6. The minimum atomic E-state index is -1.31. The number of carbonyl (C=O) groups is 1. The molecular weight excluding hydrogens is 428 g/mol. The largest absolute Gasteiger partial charge is 0.508 e. The lowest BCUT2D eigenvalue weighted by Crippen LogP contribution is -2.33. The first-order chi connectivity index (χ1) is 15.4. The predicted molar refractivity (Wildman–Crippen MR) is 122 cm³/mol. The number of aromatic hydroxyl groups is 2. The summed E-state index contributed by atoms with van der Waals surface area (Å²) < 4.78 is 12.1. The van der Waals surface area contributed by atoms with Crippen LogP contribution in [0.25, 0.3) is 0 Å². The fourth-order valence-electron chi connectivity index (χ4n) is 4.22. The van der Waals surface area contributed by atoms with E-state index < -0.39 is 11.6 Å². The van der Waals surface area contributed by atoms with Crippen LogP contribution in [-0.4, -0.2) is 27.8 Å². The van der Waals surface area contributed by atoms with Crippen molar-refractivity contribution in [2.75, 3.05) is 11.9 Å². The molecule has 3 aromatic rings. The maximum absolute atomic E-state index is 13.2. The zero-order chi connectivity index (χ0) is 22.5. The fourth-order valence-corrected chi connectivity index (χ4v) is 4.43. The van der Waals surface area contributed by atoms with Crippen LogP contribution in [0.5, 0.6) is 23.0 Å². The van der Waals surface area contributed by atoms with Gasteiger partial charge in [-0.05, 0) is 49.0 Å². The van der Waals surface area contributed by atoms with Crippen LogP contribution < -0.4 is 15.4 Å². The van der Waals surface area contributed by atoms with Crippen LogP contribution in [0.1, 0.15) is 33.5 Å². The minimum Gasteiger partial charge on any atom is -0.508 e. The lowest BCUT2D eigenvalue weighted by atomic mass is 9.77. The Morgan fingerprint density at radius 3 is 2.28 bits per heavy atom. The number of fused-ring (bicyclic) bond motifs is 6. The van der Waals surface area contributed by atoms with Crippen LogP contribution in [0.4, 0.5) is 5.69 Å². The monoisotopic (exact) mass is 447 g/mol. The van der Waals surface area contributed by atoms with Gasteiger partial charge in [-0.15, -0.1) is 0 Å². The van der Waals surface area contributed by atoms with Gasteiger partial charge in [0.2, 0.25) is 0 Å². The van der Waals surface area contributed by atoms with Crippen LogP contribution >= 0.6 is 12.2 Å². The standard InChI is InChI=1S/C24H19N2O5S/c1-2-10-25-23(32)26-18-5-3-4-17-21(18)22(29)31-24(17)15-8-6-13(27)11-19(15)30-20-12-14(28)7-9-16(20)24/h3-9,11-12,27-28H,1-2,10H2,(H2,25,26,32). The molecule has 0 atom stereocenters. The molecule has 1 radical (unpaired) electrons. The Kier molecular flexibility index (Phi) is 4.67. The molecule has 0 aliphatic carbocycles. The molecule has 0 amide bonds. The summed E-state index contributed by atoms with van der Waals surface area (Å²) in [6.45, 7) is 4.37. The number of phenols is 2. The number of rotatable bonds is 3. The SMILES string of the molecule is [CH2]CCNC(=S)Nc1cccc2c1C(=O)OC21c2ccc(O)cc2Oc2cc(O)ccc21. The molecule has 161 valence electrons. The molecule has 7 nitrogen and oxygen atoms in total. The maximum atomic E-state index is 13.2. The number of esters is 1. The third-order valence-electron chi connectivity index (χ3n) is 5.51. The summed E-state index contributed by atoms with van der Waals surface area (Å²) >= 11 is 5.34. The van der Waals surface area contributed by atoms with Crippen molar-refractivity contribution in [3.8, 4) is 23.0 Å². The van der Waals surface area contributed by atoms with Gasteiger partial charge in [0.15, 0.2) is 10.7 Å². The molecule has 5 rings (SSSR count). The number of benzene rings is 3. The first-order valence-electron chi connectivity index (χ1n) is 10.00. The van der Waals surface area contributed by atoms with E-state index in [1.54, 1.807) is 18.2 Å². The lowest BCUT2D eigenvalue weighted by molar-refractivity contribution is 0.0224. The van der Waals surface area contributed by atoms with Gasteiger partial charge in [-0.25, -0.2) is 4.79 Å². The van der Waals surface area contributed by atoms with Gasteiger partial charge < -0.3 is 30.3 Å². The lowest BCUT2D eigenvalue weighted by Gasteiger charge is -2.36. The molecule has 3 aromatic carbocycles. The van der Waals surface area contributed by atoms with Crippen molar-refractivity contribution in [1.29, 1.82) is 0 Å². The van der Waals surface area contributed by atoms with Crippen LogP contribution in [-0.2, 0) is 10.3 Å². The molecular formula is C24H19N2O5S. The summed E-state index contributed by atoms with van der Waals surface area (Å²) in [7, 11) is 0. The van der Waals surface area contributed by atoms with Crippen LogP contribution in [0.15, 0.2) is 54.6 Å². The Labute approximate surface area is 189 Å². The van der Waals surface area contributed by atoms with E-state index in [4.69, 9.17) is 21.7 Å². The van der Waals surface area contributed by atoms with Gasteiger partial charge in [0.25, 0.3) is 0 Å². The predicted octanol–water partition coefficient (Wildman–Crippen LogP) is 4.18. The highest BCUT2D eigenvalue weighted by Gasteiger charge is 2.54. The number of phenolic OH excluding ortho intramolecular Hbond substituents is 2. The fraction of sp³-hybridized carbons (Fsp3) is 0.125. The number of hydrogen-bond donors (Lipinski definition) is 4. The van der Waals surface area contributed by atoms with E-state index in [9.17, 15) is 15.0 Å². The maximum Gasteiger partial charge on any atom is 0.342 e. The third-order valence-corrected chi connectivity index (χ3v) is 5.76. The molecule has 2 aliphatic heterocycles. The Bertz CT molecular complexity index is 1220. The first-order valence-corrected chi connectivity index (χ1v) is 10.4. The molecule has 0 saturated heterocycles. The number of anilines is 1. The van der Waals surface area contributed by atoms with Crippen molar-refractivity contribution < 1.29 is 24.5 Å². The average Bonchev–Trinajstić information content (AvgIpc) is 3.05. The number of carbonyl (C=O) groups excluding carboxylic acids is 1. The summed E-state index contributed by atoms with van der Waals surface area (Å²) in [5.41, 5.74) is 1.29. The summed E-state index contributed by atoms with van der Waals surface area (Å²) in [6.07, 6.45) is 0.660. The molecule has 1 spiro atoms. The second-order valence-corrected chi connectivity index (χ2v) is 7.90. The van der Waals surface area contributed by atoms with Crippen molar-refractivity contribution >= 4 is 29.0 Å². The topological polar surface area (TPSA) is 100 Å². The highest BCUT2D eigenvalue weighted by Crippen LogP contribution is 2.57. The zero-order valence-corrected chi connectivity index (χ0v) is 17.7. The summed E-state index contributed by atoms with van der Waals surface area (Å²) in [5, 5.41) is 26.5. The molecule has 0 saturated carbocycles. The van der Waals surface area contributed by atoms with Crippen LogP contribution in [0.2, 0.25) is 0 Å². The molecule has 0 aromatic heterocycles. The molecule has 8 heteroatoms. The Morgan fingerprint density at radius 2 is 1.66 bits per heavy atom. The second kappa shape index (κ2) is 7.42. The number of nitrogens with one attached hydrogen (secondary N) is 2. The number of thiocarbonyl (C=S) groups is 1. The minimum absolute atomic E-state index is 0.00399. The third kappa shape index (κ3) is 2.95. The van der Waals surface area contributed by atoms with Gasteiger partial charge >= 0.3 is 5.97 Å². The summed E-state index contributed by atoms with van der Waals surface area (Å²) in [6, 6.07) is 14.7. The molecule has 2 heterocycles. The van der Waals surface area contributed by atoms with E-state index in [1.807, 2.05) is 12.1 Å². The smallest absolute Gasteiger partial charge is 0.342 e. The van der Waals surface area contributed by atoms with Crippen molar-refractivity contribution in [3.05, 3.63) is 83.8 Å². The molecule has 2 aliphatic rings. The average molecular weight is 447 g/mol. The van der Waals surface area contributed by atoms with Gasteiger partial charge in [0.05, 0.1) is 11.3 Å². The zero-order valence-electron chi connectivity index (χ0n) is 16.8. The van der Waals surface area contributed by atoms with E-state index in [-0.39, 0.29) is 11.5 Å².